The van der Waals surface area contributed by atoms with Crippen LogP contribution in [0.1, 0.15) is 10.9 Å². The smallest absolute Gasteiger partial charge is 0.326 e. The Morgan fingerprint density at radius 3 is 2.69 bits per heavy atom. The lowest BCUT2D eigenvalue weighted by atomic mass is 10.1. The van der Waals surface area contributed by atoms with Crippen LogP contribution in [0.4, 0.5) is 0 Å². The lowest BCUT2D eigenvalue weighted by Gasteiger charge is -2.06. The van der Waals surface area contributed by atoms with Crippen LogP contribution in [-0.2, 0) is 4.79 Å². The maximum atomic E-state index is 10.6. The number of carboxylic acid groups (broad SMARTS) is 1. The van der Waals surface area contributed by atoms with E-state index in [1.165, 1.54) is 0 Å². The highest BCUT2D eigenvalue weighted by molar-refractivity contribution is 9.10. The minimum atomic E-state index is -1.11. The Labute approximate surface area is 93.6 Å². The number of hydrogen-bond donors (Lipinski definition) is 1. The minimum Gasteiger partial charge on any atom is -0.480 e. The summed E-state index contributed by atoms with van der Waals surface area (Å²) in [7, 11) is 0. The van der Waals surface area contributed by atoms with Crippen LogP contribution in [0.5, 0.6) is 0 Å². The van der Waals surface area contributed by atoms with Crippen LogP contribution in [0.2, 0.25) is 5.02 Å². The van der Waals surface area contributed by atoms with Crippen LogP contribution < -0.4 is 0 Å². The average Bonchev–Trinajstić information content (AvgIpc) is 2.08. The van der Waals surface area contributed by atoms with Gasteiger partial charge in [0.1, 0.15) is 0 Å². The molecule has 13 heavy (non-hydrogen) atoms. The van der Waals surface area contributed by atoms with Gasteiger partial charge in [-0.15, -0.1) is 11.6 Å². The quantitative estimate of drug-likeness (QED) is 0.844. The zero-order valence-corrected chi connectivity index (χ0v) is 9.40. The monoisotopic (exact) mass is 282 g/mol. The second-order valence-corrected chi connectivity index (χ2v) is 4.13. The lowest BCUT2D eigenvalue weighted by Crippen LogP contribution is -2.05. The summed E-state index contributed by atoms with van der Waals surface area (Å²) in [6, 6.07) is 4.91. The predicted octanol–water partition coefficient (Wildman–Crippen LogP) is 3.47. The van der Waals surface area contributed by atoms with Crippen molar-refractivity contribution in [2.75, 3.05) is 0 Å². The molecule has 0 amide bonds. The number of aliphatic carboxylic acids is 1. The maximum absolute atomic E-state index is 10.6. The average molecular weight is 284 g/mol. The number of hydrogen-bond acceptors (Lipinski definition) is 1. The standard InChI is InChI=1S/C8H5BrCl2O2/c9-4-1-2-6(10)5(3-4)7(11)8(12)13/h1-3,7H,(H,12,13). The number of carboxylic acids is 1. The van der Waals surface area contributed by atoms with Crippen LogP contribution in [0.25, 0.3) is 0 Å². The molecule has 1 N–H and O–H groups in total. The van der Waals surface area contributed by atoms with E-state index in [0.717, 1.165) is 4.47 Å². The third-order valence-corrected chi connectivity index (χ3v) is 2.71. The molecule has 0 aromatic heterocycles. The Kier molecular flexibility index (Phi) is 3.59. The molecule has 70 valence electrons. The molecule has 0 fully saturated rings. The van der Waals surface area contributed by atoms with E-state index in [1.54, 1.807) is 18.2 Å². The van der Waals surface area contributed by atoms with E-state index in [1.807, 2.05) is 0 Å². The van der Waals surface area contributed by atoms with Crippen molar-refractivity contribution in [1.82, 2.24) is 0 Å². The highest BCUT2D eigenvalue weighted by atomic mass is 79.9. The molecule has 1 rings (SSSR count). The molecule has 1 aromatic rings. The molecule has 0 spiro atoms. The first-order chi connectivity index (χ1) is 6.02. The number of carbonyl (C=O) groups is 1. The highest BCUT2D eigenvalue weighted by Gasteiger charge is 2.19. The van der Waals surface area contributed by atoms with Gasteiger partial charge in [-0.25, -0.2) is 0 Å². The van der Waals surface area contributed by atoms with Gasteiger partial charge in [-0.3, -0.25) is 4.79 Å². The summed E-state index contributed by atoms with van der Waals surface area (Å²) in [5.74, 6) is -1.11. The third-order valence-electron chi connectivity index (χ3n) is 1.45. The number of benzene rings is 1. The number of rotatable bonds is 2. The van der Waals surface area contributed by atoms with Crippen molar-refractivity contribution in [2.45, 2.75) is 5.38 Å². The molecule has 2 nitrogen and oxygen atoms in total. The maximum Gasteiger partial charge on any atom is 0.326 e. The van der Waals surface area contributed by atoms with E-state index in [4.69, 9.17) is 28.3 Å². The summed E-state index contributed by atoms with van der Waals surface area (Å²) in [5, 5.41) is 7.89. The van der Waals surface area contributed by atoms with Gasteiger partial charge in [0.15, 0.2) is 5.38 Å². The van der Waals surface area contributed by atoms with Crippen molar-refractivity contribution >= 4 is 45.1 Å². The van der Waals surface area contributed by atoms with E-state index < -0.39 is 11.3 Å². The second kappa shape index (κ2) is 4.31. The fourth-order valence-corrected chi connectivity index (χ4v) is 1.68. The summed E-state index contributed by atoms with van der Waals surface area (Å²) in [5.41, 5.74) is 0.394. The van der Waals surface area contributed by atoms with Gasteiger partial charge < -0.3 is 5.11 Å². The van der Waals surface area contributed by atoms with Crippen molar-refractivity contribution in [1.29, 1.82) is 0 Å². The van der Waals surface area contributed by atoms with Crippen molar-refractivity contribution in [3.8, 4) is 0 Å². The topological polar surface area (TPSA) is 37.3 Å². The van der Waals surface area contributed by atoms with Gasteiger partial charge >= 0.3 is 5.97 Å². The molecule has 1 aromatic carbocycles. The first-order valence-corrected chi connectivity index (χ1v) is 4.95. The van der Waals surface area contributed by atoms with Crippen LogP contribution >= 0.6 is 39.1 Å². The van der Waals surface area contributed by atoms with E-state index >= 15 is 0 Å². The summed E-state index contributed by atoms with van der Waals surface area (Å²) < 4.78 is 0.749. The zero-order valence-electron chi connectivity index (χ0n) is 6.30. The molecule has 0 aliphatic carbocycles. The van der Waals surface area contributed by atoms with E-state index in [-0.39, 0.29) is 0 Å². The van der Waals surface area contributed by atoms with Crippen molar-refractivity contribution in [3.63, 3.8) is 0 Å². The Hall–Kier alpha value is -0.250. The van der Waals surface area contributed by atoms with E-state index in [2.05, 4.69) is 15.9 Å². The van der Waals surface area contributed by atoms with Crippen LogP contribution in [0.3, 0.4) is 0 Å². The Morgan fingerprint density at radius 2 is 2.15 bits per heavy atom. The van der Waals surface area contributed by atoms with Crippen LogP contribution in [-0.4, -0.2) is 11.1 Å². The summed E-state index contributed by atoms with van der Waals surface area (Å²) in [4.78, 5) is 10.6. The molecule has 0 aliphatic heterocycles. The molecule has 0 bridgehead atoms. The highest BCUT2D eigenvalue weighted by Crippen LogP contribution is 2.30. The summed E-state index contributed by atoms with van der Waals surface area (Å²) >= 11 is 14.6. The molecule has 0 aliphatic rings. The van der Waals surface area contributed by atoms with Gasteiger partial charge in [-0.2, -0.15) is 0 Å². The largest absolute Gasteiger partial charge is 0.480 e. The molecule has 1 atom stereocenters. The fourth-order valence-electron chi connectivity index (χ4n) is 0.842. The Morgan fingerprint density at radius 1 is 1.54 bits per heavy atom. The SMILES string of the molecule is O=C(O)C(Cl)c1cc(Br)ccc1Cl. The van der Waals surface area contributed by atoms with Crippen LogP contribution in [0.15, 0.2) is 22.7 Å². The van der Waals surface area contributed by atoms with Gasteiger partial charge in [-0.05, 0) is 18.2 Å². The predicted molar refractivity (Wildman–Crippen MR) is 55.4 cm³/mol. The van der Waals surface area contributed by atoms with Crippen molar-refractivity contribution in [3.05, 3.63) is 33.3 Å². The van der Waals surface area contributed by atoms with Gasteiger partial charge in [0, 0.05) is 15.1 Å². The minimum absolute atomic E-state index is 0.352. The Balaban J connectivity index is 3.12. The number of alkyl halides is 1. The first-order valence-electron chi connectivity index (χ1n) is 3.34. The fraction of sp³-hybridized carbons (Fsp3) is 0.125. The van der Waals surface area contributed by atoms with Crippen LogP contribution in [0, 0.1) is 0 Å². The zero-order chi connectivity index (χ0) is 10.0. The molecule has 0 heterocycles. The van der Waals surface area contributed by atoms with Gasteiger partial charge in [0.2, 0.25) is 0 Å². The van der Waals surface area contributed by atoms with Crippen molar-refractivity contribution < 1.29 is 9.90 Å². The normalized spacial score (nSPS) is 12.5. The Bertz CT molecular complexity index is 341. The van der Waals surface area contributed by atoms with Gasteiger partial charge in [-0.1, -0.05) is 27.5 Å². The summed E-state index contributed by atoms with van der Waals surface area (Å²) in [6.07, 6.45) is 0. The number of halogens is 3. The van der Waals surface area contributed by atoms with E-state index in [0.29, 0.717) is 10.6 Å². The van der Waals surface area contributed by atoms with Gasteiger partial charge in [0.05, 0.1) is 0 Å². The molecule has 0 saturated carbocycles. The first kappa shape index (κ1) is 10.8. The molecular formula is C8H5BrCl2O2. The lowest BCUT2D eigenvalue weighted by molar-refractivity contribution is -0.136. The molecule has 0 radical (unpaired) electrons. The second-order valence-electron chi connectivity index (χ2n) is 2.37. The molecular weight excluding hydrogens is 279 g/mol. The third kappa shape index (κ3) is 2.59. The van der Waals surface area contributed by atoms with Gasteiger partial charge in [0.25, 0.3) is 0 Å². The molecule has 1 unspecified atom stereocenters. The molecule has 0 saturated heterocycles. The van der Waals surface area contributed by atoms with Crippen molar-refractivity contribution in [2.24, 2.45) is 0 Å². The molecule has 5 heteroatoms. The van der Waals surface area contributed by atoms with E-state index in [9.17, 15) is 4.79 Å². The summed E-state index contributed by atoms with van der Waals surface area (Å²) in [6.45, 7) is 0.